The number of amides is 1. The van der Waals surface area contributed by atoms with Crippen LogP contribution in [0.4, 0.5) is 0 Å². The molecule has 0 radical (unpaired) electrons. The van der Waals surface area contributed by atoms with Crippen molar-refractivity contribution in [2.75, 3.05) is 0 Å². The fourth-order valence-corrected chi connectivity index (χ4v) is 3.14. The van der Waals surface area contributed by atoms with Crippen molar-refractivity contribution in [2.45, 2.75) is 26.4 Å². The van der Waals surface area contributed by atoms with Gasteiger partial charge in [-0.3, -0.25) is 4.79 Å². The van der Waals surface area contributed by atoms with Crippen LogP contribution in [0.15, 0.2) is 37.2 Å². The number of aryl methyl sites for hydroxylation is 1. The third-order valence-corrected chi connectivity index (χ3v) is 4.35. The monoisotopic (exact) mass is 319 g/mol. The molecule has 3 aromatic heterocycles. The fraction of sp³-hybridized carbons (Fsp3) is 0.222. The number of pyridine rings is 1. The Morgan fingerprint density at radius 3 is 3.04 bits per heavy atom. The van der Waals surface area contributed by atoms with Crippen LogP contribution in [0.25, 0.3) is 22.3 Å². The molecule has 4 rings (SSSR count). The van der Waals surface area contributed by atoms with Crippen molar-refractivity contribution < 1.29 is 4.79 Å². The Labute approximate surface area is 139 Å². The second kappa shape index (κ2) is 5.56. The third kappa shape index (κ3) is 2.19. The first-order valence-electron chi connectivity index (χ1n) is 7.93. The van der Waals surface area contributed by atoms with Gasteiger partial charge in [-0.2, -0.15) is 0 Å². The van der Waals surface area contributed by atoms with E-state index in [9.17, 15) is 4.79 Å². The third-order valence-electron chi connectivity index (χ3n) is 4.35. The van der Waals surface area contributed by atoms with Crippen molar-refractivity contribution in [3.8, 4) is 11.3 Å². The highest BCUT2D eigenvalue weighted by Crippen LogP contribution is 2.33. The SMILES string of the molecule is C=CC(=O)N1Cc2nc(CC)nc(-c3ccnc4[nH]ccc34)c2C1. The minimum absolute atomic E-state index is 0.0847. The van der Waals surface area contributed by atoms with Gasteiger partial charge in [-0.25, -0.2) is 15.0 Å². The van der Waals surface area contributed by atoms with E-state index in [4.69, 9.17) is 4.98 Å². The molecule has 24 heavy (non-hydrogen) atoms. The number of hydrogen-bond acceptors (Lipinski definition) is 4. The van der Waals surface area contributed by atoms with Crippen LogP contribution in [-0.2, 0) is 24.3 Å². The van der Waals surface area contributed by atoms with Gasteiger partial charge in [-0.1, -0.05) is 13.5 Å². The zero-order valence-corrected chi connectivity index (χ0v) is 13.4. The first-order valence-corrected chi connectivity index (χ1v) is 7.93. The van der Waals surface area contributed by atoms with E-state index in [1.165, 1.54) is 6.08 Å². The Kier molecular flexibility index (Phi) is 3.37. The molecule has 6 nitrogen and oxygen atoms in total. The molecule has 1 N–H and O–H groups in total. The predicted octanol–water partition coefficient (Wildman–Crippen LogP) is 2.61. The molecule has 0 unspecified atom stereocenters. The number of nitrogens with one attached hydrogen (secondary N) is 1. The summed E-state index contributed by atoms with van der Waals surface area (Å²) in [6, 6.07) is 3.97. The maximum Gasteiger partial charge on any atom is 0.246 e. The van der Waals surface area contributed by atoms with E-state index in [-0.39, 0.29) is 5.91 Å². The van der Waals surface area contributed by atoms with Crippen LogP contribution in [0.5, 0.6) is 0 Å². The van der Waals surface area contributed by atoms with Crippen molar-refractivity contribution in [2.24, 2.45) is 0 Å². The Morgan fingerprint density at radius 2 is 2.25 bits per heavy atom. The largest absolute Gasteiger partial charge is 0.346 e. The molecule has 6 heteroatoms. The van der Waals surface area contributed by atoms with Crippen LogP contribution < -0.4 is 0 Å². The lowest BCUT2D eigenvalue weighted by atomic mass is 10.0. The molecule has 0 saturated heterocycles. The number of aromatic nitrogens is 4. The summed E-state index contributed by atoms with van der Waals surface area (Å²) in [6.45, 7) is 6.62. The normalized spacial score (nSPS) is 13.3. The Balaban J connectivity index is 1.91. The van der Waals surface area contributed by atoms with Crippen LogP contribution in [0.3, 0.4) is 0 Å². The number of fused-ring (bicyclic) bond motifs is 2. The van der Waals surface area contributed by atoms with Crippen molar-refractivity contribution in [1.82, 2.24) is 24.8 Å². The summed E-state index contributed by atoms with van der Waals surface area (Å²) in [5.41, 5.74) is 4.67. The number of H-pyrrole nitrogens is 1. The van der Waals surface area contributed by atoms with Crippen LogP contribution in [-0.4, -0.2) is 30.7 Å². The van der Waals surface area contributed by atoms with Gasteiger partial charge < -0.3 is 9.88 Å². The molecule has 0 aliphatic carbocycles. The summed E-state index contributed by atoms with van der Waals surface area (Å²) >= 11 is 0. The Morgan fingerprint density at radius 1 is 1.38 bits per heavy atom. The van der Waals surface area contributed by atoms with Crippen molar-refractivity contribution in [3.05, 3.63) is 54.3 Å². The maximum atomic E-state index is 12.0. The summed E-state index contributed by atoms with van der Waals surface area (Å²) < 4.78 is 0. The minimum Gasteiger partial charge on any atom is -0.346 e. The molecule has 4 heterocycles. The van der Waals surface area contributed by atoms with Crippen LogP contribution in [0, 0.1) is 0 Å². The fourth-order valence-electron chi connectivity index (χ4n) is 3.14. The standard InChI is InChI=1S/C18H17N5O/c1-3-15-21-14-10-23(16(24)4-2)9-13(14)17(22-15)11-5-7-19-18-12(11)6-8-20-18/h4-8H,2-3,9-10H2,1H3,(H,19,20). The first kappa shape index (κ1) is 14.6. The summed E-state index contributed by atoms with van der Waals surface area (Å²) in [7, 11) is 0. The molecule has 1 amide bonds. The zero-order chi connectivity index (χ0) is 16.7. The van der Waals surface area contributed by atoms with E-state index in [0.29, 0.717) is 13.1 Å². The summed E-state index contributed by atoms with van der Waals surface area (Å²) in [6.07, 6.45) is 5.74. The molecule has 3 aromatic rings. The van der Waals surface area contributed by atoms with E-state index in [1.807, 2.05) is 25.3 Å². The quantitative estimate of drug-likeness (QED) is 0.753. The molecular formula is C18H17N5O. The molecule has 0 aromatic carbocycles. The molecule has 1 aliphatic heterocycles. The average Bonchev–Trinajstić information content (AvgIpc) is 3.26. The van der Waals surface area contributed by atoms with E-state index in [1.54, 1.807) is 11.1 Å². The Bertz CT molecular complexity index is 959. The van der Waals surface area contributed by atoms with Gasteiger partial charge >= 0.3 is 0 Å². The van der Waals surface area contributed by atoms with Gasteiger partial charge in [0, 0.05) is 35.3 Å². The molecule has 0 atom stereocenters. The molecule has 120 valence electrons. The van der Waals surface area contributed by atoms with Gasteiger partial charge in [0.05, 0.1) is 24.5 Å². The average molecular weight is 319 g/mol. The van der Waals surface area contributed by atoms with Gasteiger partial charge in [-0.15, -0.1) is 0 Å². The van der Waals surface area contributed by atoms with E-state index in [2.05, 4.69) is 21.5 Å². The zero-order valence-electron chi connectivity index (χ0n) is 13.4. The van der Waals surface area contributed by atoms with Crippen LogP contribution in [0.1, 0.15) is 24.0 Å². The number of carbonyl (C=O) groups is 1. The summed E-state index contributed by atoms with van der Waals surface area (Å²) in [4.78, 5) is 30.6. The summed E-state index contributed by atoms with van der Waals surface area (Å²) in [5, 5.41) is 1.02. The minimum atomic E-state index is -0.0847. The highest BCUT2D eigenvalue weighted by molar-refractivity contribution is 5.93. The lowest BCUT2D eigenvalue weighted by Crippen LogP contribution is -2.22. The van der Waals surface area contributed by atoms with Gasteiger partial charge in [0.1, 0.15) is 11.5 Å². The molecule has 0 saturated carbocycles. The van der Waals surface area contributed by atoms with Crippen LogP contribution >= 0.6 is 0 Å². The Hall–Kier alpha value is -3.02. The highest BCUT2D eigenvalue weighted by atomic mass is 16.2. The predicted molar refractivity (Wildman–Crippen MR) is 90.9 cm³/mol. The van der Waals surface area contributed by atoms with Crippen LogP contribution in [0.2, 0.25) is 0 Å². The number of aromatic amines is 1. The van der Waals surface area contributed by atoms with E-state index < -0.39 is 0 Å². The van der Waals surface area contributed by atoms with E-state index in [0.717, 1.165) is 45.8 Å². The van der Waals surface area contributed by atoms with Gasteiger partial charge in [0.15, 0.2) is 0 Å². The number of nitrogens with zero attached hydrogens (tertiary/aromatic N) is 4. The summed E-state index contributed by atoms with van der Waals surface area (Å²) in [5.74, 6) is 0.704. The number of hydrogen-bond donors (Lipinski definition) is 1. The first-order chi connectivity index (χ1) is 11.7. The lowest BCUT2D eigenvalue weighted by molar-refractivity contribution is -0.126. The number of rotatable bonds is 3. The van der Waals surface area contributed by atoms with Crippen molar-refractivity contribution in [3.63, 3.8) is 0 Å². The van der Waals surface area contributed by atoms with Gasteiger partial charge in [0.25, 0.3) is 0 Å². The highest BCUT2D eigenvalue weighted by Gasteiger charge is 2.28. The van der Waals surface area contributed by atoms with Crippen molar-refractivity contribution in [1.29, 1.82) is 0 Å². The van der Waals surface area contributed by atoms with Gasteiger partial charge in [0.2, 0.25) is 5.91 Å². The van der Waals surface area contributed by atoms with Gasteiger partial charge in [-0.05, 0) is 18.2 Å². The molecular weight excluding hydrogens is 302 g/mol. The molecule has 0 spiro atoms. The molecule has 0 bridgehead atoms. The smallest absolute Gasteiger partial charge is 0.246 e. The lowest BCUT2D eigenvalue weighted by Gasteiger charge is -2.12. The molecule has 1 aliphatic rings. The second-order valence-electron chi connectivity index (χ2n) is 5.76. The topological polar surface area (TPSA) is 74.8 Å². The molecule has 0 fully saturated rings. The van der Waals surface area contributed by atoms with E-state index >= 15 is 0 Å². The second-order valence-corrected chi connectivity index (χ2v) is 5.76. The van der Waals surface area contributed by atoms with Crippen molar-refractivity contribution >= 4 is 16.9 Å². The maximum absolute atomic E-state index is 12.0. The number of carbonyl (C=O) groups excluding carboxylic acids is 1.